The maximum atomic E-state index is 13.4. The van der Waals surface area contributed by atoms with E-state index < -0.39 is 21.7 Å². The third-order valence-electron chi connectivity index (χ3n) is 3.64. The highest BCUT2D eigenvalue weighted by atomic mass is 32.2. The second-order valence-corrected chi connectivity index (χ2v) is 8.01. The predicted octanol–water partition coefficient (Wildman–Crippen LogP) is 3.38. The van der Waals surface area contributed by atoms with Gasteiger partial charge in [-0.25, -0.2) is 17.2 Å². The van der Waals surface area contributed by atoms with E-state index in [0.717, 1.165) is 39.9 Å². The Hall–Kier alpha value is -2.48. The Bertz CT molecular complexity index is 910. The molecule has 2 aromatic carbocycles. The number of anilines is 2. The zero-order valence-electron chi connectivity index (χ0n) is 14.7. The van der Waals surface area contributed by atoms with Crippen LogP contribution in [-0.4, -0.2) is 27.1 Å². The number of hydrogen-bond acceptors (Lipinski definition) is 3. The summed E-state index contributed by atoms with van der Waals surface area (Å²) >= 11 is 0. The van der Waals surface area contributed by atoms with Gasteiger partial charge >= 0.3 is 0 Å². The van der Waals surface area contributed by atoms with Gasteiger partial charge in [0, 0.05) is 24.7 Å². The minimum atomic E-state index is -3.77. The van der Waals surface area contributed by atoms with Crippen molar-refractivity contribution in [2.24, 2.45) is 0 Å². The Morgan fingerprint density at radius 1 is 1.04 bits per heavy atom. The van der Waals surface area contributed by atoms with Crippen LogP contribution in [0.25, 0.3) is 0 Å². The Morgan fingerprint density at radius 3 is 2.19 bits per heavy atom. The molecule has 8 heteroatoms. The summed E-state index contributed by atoms with van der Waals surface area (Å²) in [5.41, 5.74) is 2.55. The van der Waals surface area contributed by atoms with Crippen LogP contribution >= 0.6 is 0 Å². The Labute approximate surface area is 151 Å². The van der Waals surface area contributed by atoms with Gasteiger partial charge in [0.2, 0.25) is 15.9 Å². The van der Waals surface area contributed by atoms with Crippen molar-refractivity contribution in [3.05, 3.63) is 59.2 Å². The quantitative estimate of drug-likeness (QED) is 0.833. The number of halogens is 2. The van der Waals surface area contributed by atoms with E-state index in [4.69, 9.17) is 0 Å². The topological polar surface area (TPSA) is 66.5 Å². The van der Waals surface area contributed by atoms with E-state index >= 15 is 0 Å². The van der Waals surface area contributed by atoms with Crippen LogP contribution in [0.4, 0.5) is 20.2 Å². The molecule has 0 radical (unpaired) electrons. The SMILES string of the molecule is Cc1cc(C)cc(NC(=O)CCN(c2ccc(F)c(F)c2)S(C)(=O)=O)c1. The van der Waals surface area contributed by atoms with Crippen molar-refractivity contribution in [3.63, 3.8) is 0 Å². The van der Waals surface area contributed by atoms with Gasteiger partial charge in [-0.15, -0.1) is 0 Å². The third kappa shape index (κ3) is 5.26. The van der Waals surface area contributed by atoms with Gasteiger partial charge in [-0.3, -0.25) is 9.10 Å². The van der Waals surface area contributed by atoms with Crippen LogP contribution in [0.5, 0.6) is 0 Å². The lowest BCUT2D eigenvalue weighted by Crippen LogP contribution is -2.33. The molecule has 2 aromatic rings. The number of carbonyl (C=O) groups is 1. The van der Waals surface area contributed by atoms with Crippen LogP contribution < -0.4 is 9.62 Å². The zero-order chi connectivity index (χ0) is 19.5. The average molecular weight is 382 g/mol. The van der Waals surface area contributed by atoms with Crippen molar-refractivity contribution in [2.45, 2.75) is 20.3 Å². The predicted molar refractivity (Wildman–Crippen MR) is 97.7 cm³/mol. The summed E-state index contributed by atoms with van der Waals surface area (Å²) in [4.78, 5) is 12.2. The van der Waals surface area contributed by atoms with Crippen molar-refractivity contribution in [2.75, 3.05) is 22.4 Å². The van der Waals surface area contributed by atoms with Crippen LogP contribution in [0.3, 0.4) is 0 Å². The molecule has 26 heavy (non-hydrogen) atoms. The number of carbonyl (C=O) groups excluding carboxylic acids is 1. The summed E-state index contributed by atoms with van der Waals surface area (Å²) < 4.78 is 51.3. The minimum absolute atomic E-state index is 0.0365. The molecular formula is C18H20F2N2O3S. The second kappa shape index (κ2) is 7.82. The first-order valence-electron chi connectivity index (χ1n) is 7.87. The summed E-state index contributed by atoms with van der Waals surface area (Å²) in [6.07, 6.45) is 0.801. The molecule has 0 aromatic heterocycles. The van der Waals surface area contributed by atoms with Gasteiger partial charge in [-0.05, 0) is 49.2 Å². The standard InChI is InChI=1S/C18H20F2N2O3S/c1-12-8-13(2)10-14(9-12)21-18(23)6-7-22(26(3,24)25)15-4-5-16(19)17(20)11-15/h4-5,8-11H,6-7H2,1-3H3,(H,21,23). The molecule has 2 rings (SSSR count). The van der Waals surface area contributed by atoms with Gasteiger partial charge in [0.1, 0.15) is 0 Å². The molecule has 1 amide bonds. The van der Waals surface area contributed by atoms with Gasteiger partial charge < -0.3 is 5.32 Å². The minimum Gasteiger partial charge on any atom is -0.326 e. The van der Waals surface area contributed by atoms with E-state index in [2.05, 4.69) is 5.32 Å². The van der Waals surface area contributed by atoms with Gasteiger partial charge in [0.25, 0.3) is 0 Å². The fourth-order valence-electron chi connectivity index (χ4n) is 2.60. The maximum Gasteiger partial charge on any atom is 0.232 e. The van der Waals surface area contributed by atoms with E-state index in [1.165, 1.54) is 0 Å². The van der Waals surface area contributed by atoms with Crippen molar-refractivity contribution >= 4 is 27.3 Å². The highest BCUT2D eigenvalue weighted by Gasteiger charge is 2.20. The monoisotopic (exact) mass is 382 g/mol. The molecule has 0 atom stereocenters. The van der Waals surface area contributed by atoms with Gasteiger partial charge in [-0.2, -0.15) is 0 Å². The average Bonchev–Trinajstić information content (AvgIpc) is 2.48. The molecule has 0 heterocycles. The van der Waals surface area contributed by atoms with Crippen LogP contribution in [0.2, 0.25) is 0 Å². The first-order chi connectivity index (χ1) is 12.1. The van der Waals surface area contributed by atoms with Crippen molar-refractivity contribution in [1.29, 1.82) is 0 Å². The van der Waals surface area contributed by atoms with Crippen molar-refractivity contribution in [1.82, 2.24) is 0 Å². The van der Waals surface area contributed by atoms with Gasteiger partial charge in [0.05, 0.1) is 11.9 Å². The van der Waals surface area contributed by atoms with Gasteiger partial charge in [0.15, 0.2) is 11.6 Å². The molecular weight excluding hydrogens is 362 g/mol. The molecule has 0 bridgehead atoms. The summed E-state index contributed by atoms with van der Waals surface area (Å²) in [5, 5.41) is 2.71. The number of aryl methyl sites for hydroxylation is 2. The van der Waals surface area contributed by atoms with Crippen LogP contribution in [-0.2, 0) is 14.8 Å². The third-order valence-corrected chi connectivity index (χ3v) is 4.83. The van der Waals surface area contributed by atoms with E-state index in [1.807, 2.05) is 19.9 Å². The van der Waals surface area contributed by atoms with Gasteiger partial charge in [-0.1, -0.05) is 6.07 Å². The Kier molecular flexibility index (Phi) is 5.97. The summed E-state index contributed by atoms with van der Waals surface area (Å²) in [5.74, 6) is -2.61. The smallest absolute Gasteiger partial charge is 0.232 e. The number of rotatable bonds is 6. The molecule has 0 saturated carbocycles. The Morgan fingerprint density at radius 2 is 1.65 bits per heavy atom. The number of sulfonamides is 1. The number of nitrogens with zero attached hydrogens (tertiary/aromatic N) is 1. The number of hydrogen-bond donors (Lipinski definition) is 1. The molecule has 0 aliphatic heterocycles. The largest absolute Gasteiger partial charge is 0.326 e. The van der Waals surface area contributed by atoms with E-state index in [-0.39, 0.29) is 24.6 Å². The van der Waals surface area contributed by atoms with E-state index in [1.54, 1.807) is 12.1 Å². The molecule has 140 valence electrons. The van der Waals surface area contributed by atoms with Crippen molar-refractivity contribution < 1.29 is 22.0 Å². The lowest BCUT2D eigenvalue weighted by molar-refractivity contribution is -0.116. The molecule has 0 aliphatic rings. The van der Waals surface area contributed by atoms with Crippen LogP contribution in [0, 0.1) is 25.5 Å². The summed E-state index contributed by atoms with van der Waals surface area (Å²) in [7, 11) is -3.77. The molecule has 0 unspecified atom stereocenters. The zero-order valence-corrected chi connectivity index (χ0v) is 15.5. The fourth-order valence-corrected chi connectivity index (χ4v) is 3.52. The first-order valence-corrected chi connectivity index (χ1v) is 9.72. The summed E-state index contributed by atoms with van der Waals surface area (Å²) in [6.45, 7) is 3.61. The molecule has 5 nitrogen and oxygen atoms in total. The van der Waals surface area contributed by atoms with Crippen LogP contribution in [0.15, 0.2) is 36.4 Å². The molecule has 0 spiro atoms. The molecule has 0 aliphatic carbocycles. The normalized spacial score (nSPS) is 11.3. The van der Waals surface area contributed by atoms with Crippen molar-refractivity contribution in [3.8, 4) is 0 Å². The molecule has 1 N–H and O–H groups in total. The highest BCUT2D eigenvalue weighted by Crippen LogP contribution is 2.21. The lowest BCUT2D eigenvalue weighted by atomic mass is 10.1. The number of benzene rings is 2. The van der Waals surface area contributed by atoms with Crippen LogP contribution in [0.1, 0.15) is 17.5 Å². The highest BCUT2D eigenvalue weighted by molar-refractivity contribution is 7.92. The molecule has 0 fully saturated rings. The number of amides is 1. The maximum absolute atomic E-state index is 13.4. The van der Waals surface area contributed by atoms with E-state index in [9.17, 15) is 22.0 Å². The van der Waals surface area contributed by atoms with E-state index in [0.29, 0.717) is 5.69 Å². The number of nitrogens with one attached hydrogen (secondary N) is 1. The lowest BCUT2D eigenvalue weighted by Gasteiger charge is -2.22. The summed E-state index contributed by atoms with van der Waals surface area (Å²) in [6, 6.07) is 8.35. The fraction of sp³-hybridized carbons (Fsp3) is 0.278. The first kappa shape index (κ1) is 19.8. The second-order valence-electron chi connectivity index (χ2n) is 6.11. The molecule has 0 saturated heterocycles. The Balaban J connectivity index is 2.12.